The van der Waals surface area contributed by atoms with Crippen molar-refractivity contribution in [2.45, 2.75) is 0 Å². The number of nitrogens with one attached hydrogen (secondary N) is 1. The van der Waals surface area contributed by atoms with Gasteiger partial charge >= 0.3 is 0 Å². The van der Waals surface area contributed by atoms with Crippen LogP contribution >= 0.6 is 22.9 Å². The van der Waals surface area contributed by atoms with Gasteiger partial charge in [0.2, 0.25) is 0 Å². The van der Waals surface area contributed by atoms with Crippen molar-refractivity contribution in [1.82, 2.24) is 15.0 Å². The molecule has 34 heavy (non-hydrogen) atoms. The Morgan fingerprint density at radius 2 is 1.71 bits per heavy atom. The highest BCUT2D eigenvalue weighted by Crippen LogP contribution is 2.38. The van der Waals surface area contributed by atoms with Gasteiger partial charge in [0.05, 0.1) is 30.0 Å². The molecule has 0 bridgehead atoms. The van der Waals surface area contributed by atoms with Crippen molar-refractivity contribution < 1.29 is 19.0 Å². The van der Waals surface area contributed by atoms with Gasteiger partial charge in [0.1, 0.15) is 16.7 Å². The predicted octanol–water partition coefficient (Wildman–Crippen LogP) is 5.95. The maximum absolute atomic E-state index is 12.5. The van der Waals surface area contributed by atoms with Crippen molar-refractivity contribution in [3.05, 3.63) is 71.6 Å². The minimum absolute atomic E-state index is 0.249. The van der Waals surface area contributed by atoms with Crippen LogP contribution in [-0.2, 0) is 0 Å². The number of fused-ring (bicyclic) bond motifs is 2. The number of rotatable bonds is 6. The van der Waals surface area contributed by atoms with E-state index in [9.17, 15) is 4.79 Å². The molecule has 0 unspecified atom stereocenters. The zero-order chi connectivity index (χ0) is 23.7. The number of methoxy groups -OCH3 is 2. The molecule has 0 fully saturated rings. The first kappa shape index (κ1) is 21.9. The fourth-order valence-corrected chi connectivity index (χ4v) is 4.46. The number of benzene rings is 2. The summed E-state index contributed by atoms with van der Waals surface area (Å²) in [5, 5.41) is 4.30. The highest BCUT2D eigenvalue weighted by molar-refractivity contribution is 7.22. The number of amides is 1. The van der Waals surface area contributed by atoms with Crippen molar-refractivity contribution in [3.63, 3.8) is 0 Å². The molecule has 10 heteroatoms. The van der Waals surface area contributed by atoms with E-state index < -0.39 is 0 Å². The van der Waals surface area contributed by atoms with Gasteiger partial charge in [0, 0.05) is 35.5 Å². The lowest BCUT2D eigenvalue weighted by Crippen LogP contribution is -2.11. The summed E-state index contributed by atoms with van der Waals surface area (Å²) < 4.78 is 17.8. The lowest BCUT2D eigenvalue weighted by Gasteiger charge is -2.12. The molecule has 0 saturated carbocycles. The topological polar surface area (TPSA) is 95.5 Å². The van der Waals surface area contributed by atoms with E-state index in [1.54, 1.807) is 38.6 Å². The Kier molecular flexibility index (Phi) is 5.87. The largest absolute Gasteiger partial charge is 0.493 e. The normalized spacial score (nSPS) is 10.9. The lowest BCUT2D eigenvalue weighted by atomic mass is 10.2. The summed E-state index contributed by atoms with van der Waals surface area (Å²) in [6, 6.07) is 14.1. The lowest BCUT2D eigenvalue weighted by molar-refractivity contribution is 0.102. The summed E-state index contributed by atoms with van der Waals surface area (Å²) in [6.07, 6.45) is 3.15. The minimum Gasteiger partial charge on any atom is -0.493 e. The number of carbonyl (C=O) groups is 1. The maximum Gasteiger partial charge on any atom is 0.257 e. The molecule has 0 saturated heterocycles. The third kappa shape index (κ3) is 4.30. The summed E-state index contributed by atoms with van der Waals surface area (Å²) in [5.41, 5.74) is 1.86. The van der Waals surface area contributed by atoms with E-state index >= 15 is 0 Å². The molecule has 0 radical (unpaired) electrons. The average molecular weight is 493 g/mol. The Bertz CT molecular complexity index is 1540. The van der Waals surface area contributed by atoms with E-state index in [1.165, 1.54) is 23.6 Å². The van der Waals surface area contributed by atoms with Crippen LogP contribution in [0.2, 0.25) is 5.15 Å². The van der Waals surface area contributed by atoms with Gasteiger partial charge in [-0.15, -0.1) is 0 Å². The molecular weight excluding hydrogens is 476 g/mol. The Balaban J connectivity index is 1.42. The Morgan fingerprint density at radius 1 is 0.912 bits per heavy atom. The van der Waals surface area contributed by atoms with Crippen LogP contribution in [0.15, 0.2) is 60.9 Å². The predicted molar refractivity (Wildman–Crippen MR) is 132 cm³/mol. The van der Waals surface area contributed by atoms with E-state index in [-0.39, 0.29) is 11.1 Å². The summed E-state index contributed by atoms with van der Waals surface area (Å²) >= 11 is 7.22. The van der Waals surface area contributed by atoms with Crippen LogP contribution < -0.4 is 19.5 Å². The molecule has 1 amide bonds. The summed E-state index contributed by atoms with van der Waals surface area (Å²) in [6.45, 7) is 0. The van der Waals surface area contributed by atoms with E-state index in [2.05, 4.69) is 20.3 Å². The first-order valence-electron chi connectivity index (χ1n) is 10.1. The number of hydrogen-bond donors (Lipinski definition) is 1. The number of nitrogens with zero attached hydrogens (tertiary/aromatic N) is 3. The fourth-order valence-electron chi connectivity index (χ4n) is 3.40. The number of carbonyl (C=O) groups excluding carboxylic acids is 1. The standard InChI is InChI=1S/C24H17ClN4O4S/c1-31-19-11-15-17(12-20(19)32-2)26-8-6-18(15)33-14-3-4-16-21(10-14)34-24(28-16)29-23(30)13-5-7-27-22(25)9-13/h3-12H,1-2H3,(H,28,29,30). The second-order valence-corrected chi connectivity index (χ2v) is 8.52. The molecule has 170 valence electrons. The van der Waals surface area contributed by atoms with Crippen molar-refractivity contribution in [1.29, 1.82) is 0 Å². The van der Waals surface area contributed by atoms with Gasteiger partial charge in [-0.1, -0.05) is 22.9 Å². The molecule has 0 spiro atoms. The number of anilines is 1. The second-order valence-electron chi connectivity index (χ2n) is 7.11. The zero-order valence-electron chi connectivity index (χ0n) is 18.0. The number of pyridine rings is 2. The SMILES string of the molecule is COc1cc2nccc(Oc3ccc4nc(NC(=O)c5ccnc(Cl)c5)sc4c3)c2cc1OC. The molecule has 8 nitrogen and oxygen atoms in total. The van der Waals surface area contributed by atoms with Gasteiger partial charge in [-0.3, -0.25) is 15.1 Å². The number of ether oxygens (including phenoxy) is 3. The first-order valence-corrected chi connectivity index (χ1v) is 11.3. The smallest absolute Gasteiger partial charge is 0.257 e. The molecule has 5 aromatic rings. The number of hydrogen-bond acceptors (Lipinski definition) is 8. The molecule has 0 aliphatic heterocycles. The van der Waals surface area contributed by atoms with E-state index in [4.69, 9.17) is 25.8 Å². The van der Waals surface area contributed by atoms with Crippen LogP contribution in [0, 0.1) is 0 Å². The Hall–Kier alpha value is -3.95. The van der Waals surface area contributed by atoms with Crippen LogP contribution in [0.3, 0.4) is 0 Å². The number of halogens is 1. The summed E-state index contributed by atoms with van der Waals surface area (Å²) in [7, 11) is 3.16. The summed E-state index contributed by atoms with van der Waals surface area (Å²) in [4.78, 5) is 25.3. The highest BCUT2D eigenvalue weighted by Gasteiger charge is 2.14. The van der Waals surface area contributed by atoms with Crippen molar-refractivity contribution >= 4 is 55.1 Å². The van der Waals surface area contributed by atoms with Gasteiger partial charge < -0.3 is 14.2 Å². The van der Waals surface area contributed by atoms with Gasteiger partial charge in [0.15, 0.2) is 16.6 Å². The van der Waals surface area contributed by atoms with Crippen molar-refractivity contribution in [2.24, 2.45) is 0 Å². The monoisotopic (exact) mass is 492 g/mol. The van der Waals surface area contributed by atoms with Crippen LogP contribution in [0.1, 0.15) is 10.4 Å². The molecule has 0 atom stereocenters. The molecule has 2 aromatic carbocycles. The Morgan fingerprint density at radius 3 is 2.50 bits per heavy atom. The minimum atomic E-state index is -0.313. The first-order chi connectivity index (χ1) is 16.5. The molecular formula is C24H17ClN4O4S. The summed E-state index contributed by atoms with van der Waals surface area (Å²) in [5.74, 6) is 2.11. The molecule has 0 aliphatic rings. The molecule has 1 N–H and O–H groups in total. The van der Waals surface area contributed by atoms with Crippen LogP contribution in [-0.4, -0.2) is 35.1 Å². The van der Waals surface area contributed by atoms with Crippen molar-refractivity contribution in [2.75, 3.05) is 19.5 Å². The van der Waals surface area contributed by atoms with E-state index in [1.807, 2.05) is 24.3 Å². The fraction of sp³-hybridized carbons (Fsp3) is 0.0833. The third-order valence-corrected chi connectivity index (χ3v) is 6.14. The van der Waals surface area contributed by atoms with Crippen LogP contribution in [0.4, 0.5) is 5.13 Å². The average Bonchev–Trinajstić information content (AvgIpc) is 3.24. The van der Waals surface area contributed by atoms with Crippen molar-refractivity contribution in [3.8, 4) is 23.0 Å². The third-order valence-electron chi connectivity index (χ3n) is 5.00. The van der Waals surface area contributed by atoms with Gasteiger partial charge in [0.25, 0.3) is 5.91 Å². The molecule has 3 heterocycles. The quantitative estimate of drug-likeness (QED) is 0.292. The number of aromatic nitrogens is 3. The van der Waals surface area contributed by atoms with Crippen LogP contribution in [0.25, 0.3) is 21.1 Å². The second kappa shape index (κ2) is 9.12. The van der Waals surface area contributed by atoms with Crippen LogP contribution in [0.5, 0.6) is 23.0 Å². The van der Waals surface area contributed by atoms with Gasteiger partial charge in [-0.25, -0.2) is 9.97 Å². The van der Waals surface area contributed by atoms with E-state index in [0.29, 0.717) is 33.7 Å². The van der Waals surface area contributed by atoms with E-state index in [0.717, 1.165) is 21.1 Å². The highest BCUT2D eigenvalue weighted by atomic mass is 35.5. The maximum atomic E-state index is 12.5. The molecule has 3 aromatic heterocycles. The molecule has 5 rings (SSSR count). The molecule has 0 aliphatic carbocycles. The van der Waals surface area contributed by atoms with Gasteiger partial charge in [-0.2, -0.15) is 0 Å². The van der Waals surface area contributed by atoms with Gasteiger partial charge in [-0.05, 0) is 36.4 Å². The zero-order valence-corrected chi connectivity index (χ0v) is 19.6. The number of thiazole rings is 1. The Labute approximate surface area is 203 Å².